The summed E-state index contributed by atoms with van der Waals surface area (Å²) < 4.78 is 5.54. The SMILES string of the molecule is O=C(Nc1ccc(CN2C(=O)CCC2=O)cc1)c1cc2ccccc2o1. The Morgan fingerprint density at radius 3 is 2.38 bits per heavy atom. The number of benzene rings is 2. The number of furan rings is 1. The number of rotatable bonds is 4. The second-order valence-corrected chi connectivity index (χ2v) is 6.17. The van der Waals surface area contributed by atoms with E-state index in [-0.39, 0.29) is 42.9 Å². The summed E-state index contributed by atoms with van der Waals surface area (Å²) in [4.78, 5) is 36.9. The summed E-state index contributed by atoms with van der Waals surface area (Å²) in [7, 11) is 0. The van der Waals surface area contributed by atoms with E-state index in [1.54, 1.807) is 30.3 Å². The zero-order valence-corrected chi connectivity index (χ0v) is 13.9. The number of fused-ring (bicyclic) bond motifs is 1. The van der Waals surface area contributed by atoms with Gasteiger partial charge >= 0.3 is 0 Å². The van der Waals surface area contributed by atoms with Crippen LogP contribution in [0.5, 0.6) is 0 Å². The standard InChI is InChI=1S/C20H16N2O4/c23-18-9-10-19(24)22(18)12-13-5-7-15(8-6-13)21-20(25)17-11-14-3-1-2-4-16(14)26-17/h1-8,11H,9-10,12H2,(H,21,25). The third-order valence-corrected chi connectivity index (χ3v) is 4.36. The molecule has 130 valence electrons. The first-order valence-electron chi connectivity index (χ1n) is 8.32. The summed E-state index contributed by atoms with van der Waals surface area (Å²) in [6, 6.07) is 16.2. The zero-order chi connectivity index (χ0) is 18.1. The van der Waals surface area contributed by atoms with E-state index in [0.29, 0.717) is 11.3 Å². The first-order valence-corrected chi connectivity index (χ1v) is 8.32. The minimum absolute atomic E-state index is 0.141. The molecule has 0 unspecified atom stereocenters. The van der Waals surface area contributed by atoms with Crippen LogP contribution < -0.4 is 5.32 Å². The van der Waals surface area contributed by atoms with E-state index in [9.17, 15) is 14.4 Å². The van der Waals surface area contributed by atoms with Gasteiger partial charge in [0, 0.05) is 23.9 Å². The van der Waals surface area contributed by atoms with Crippen molar-refractivity contribution in [2.75, 3.05) is 5.32 Å². The second-order valence-electron chi connectivity index (χ2n) is 6.17. The molecule has 0 bridgehead atoms. The van der Waals surface area contributed by atoms with Crippen LogP contribution in [0.1, 0.15) is 29.0 Å². The van der Waals surface area contributed by atoms with Gasteiger partial charge in [-0.1, -0.05) is 30.3 Å². The first kappa shape index (κ1) is 16.1. The van der Waals surface area contributed by atoms with E-state index in [4.69, 9.17) is 4.42 Å². The number of carbonyl (C=O) groups is 3. The van der Waals surface area contributed by atoms with Gasteiger partial charge in [0.25, 0.3) is 5.91 Å². The predicted octanol–water partition coefficient (Wildman–Crippen LogP) is 3.33. The van der Waals surface area contributed by atoms with E-state index in [1.807, 2.05) is 24.3 Å². The lowest BCUT2D eigenvalue weighted by Gasteiger charge is -2.14. The number of imide groups is 1. The van der Waals surface area contributed by atoms with Crippen LogP contribution in [0.4, 0.5) is 5.69 Å². The highest BCUT2D eigenvalue weighted by Gasteiger charge is 2.28. The lowest BCUT2D eigenvalue weighted by Crippen LogP contribution is -2.28. The van der Waals surface area contributed by atoms with Gasteiger partial charge in [0.2, 0.25) is 11.8 Å². The molecule has 1 aliphatic rings. The number of anilines is 1. The van der Waals surface area contributed by atoms with Gasteiger partial charge in [-0.2, -0.15) is 0 Å². The van der Waals surface area contributed by atoms with Crippen LogP contribution >= 0.6 is 0 Å². The van der Waals surface area contributed by atoms with Crippen LogP contribution in [0.15, 0.2) is 59.0 Å². The molecular formula is C20H16N2O4. The molecule has 2 heterocycles. The van der Waals surface area contributed by atoms with Gasteiger partial charge in [-0.05, 0) is 29.8 Å². The van der Waals surface area contributed by atoms with E-state index < -0.39 is 0 Å². The summed E-state index contributed by atoms with van der Waals surface area (Å²) in [5.41, 5.74) is 2.10. The number of hydrogen-bond acceptors (Lipinski definition) is 4. The number of carbonyl (C=O) groups excluding carboxylic acids is 3. The molecule has 0 spiro atoms. The number of nitrogens with one attached hydrogen (secondary N) is 1. The lowest BCUT2D eigenvalue weighted by atomic mass is 10.2. The maximum atomic E-state index is 12.3. The highest BCUT2D eigenvalue weighted by atomic mass is 16.3. The predicted molar refractivity (Wildman–Crippen MR) is 95.4 cm³/mol. The van der Waals surface area contributed by atoms with Crippen molar-refractivity contribution in [1.82, 2.24) is 4.90 Å². The molecule has 1 N–H and O–H groups in total. The maximum absolute atomic E-state index is 12.3. The second kappa shape index (κ2) is 6.48. The van der Waals surface area contributed by atoms with Crippen LogP contribution in [0, 0.1) is 0 Å². The molecule has 6 heteroatoms. The molecule has 1 saturated heterocycles. The maximum Gasteiger partial charge on any atom is 0.291 e. The zero-order valence-electron chi connectivity index (χ0n) is 13.9. The molecule has 0 atom stereocenters. The van der Waals surface area contributed by atoms with Crippen molar-refractivity contribution in [1.29, 1.82) is 0 Å². The highest BCUT2D eigenvalue weighted by Crippen LogP contribution is 2.21. The molecule has 3 amide bonds. The molecule has 1 aliphatic heterocycles. The molecule has 26 heavy (non-hydrogen) atoms. The molecule has 2 aromatic carbocycles. The molecule has 1 aromatic heterocycles. The minimum Gasteiger partial charge on any atom is -0.451 e. The summed E-state index contributed by atoms with van der Waals surface area (Å²) in [6.07, 6.45) is 0.564. The fraction of sp³-hybridized carbons (Fsp3) is 0.150. The van der Waals surface area contributed by atoms with E-state index in [1.165, 1.54) is 4.90 Å². The summed E-state index contributed by atoms with van der Waals surface area (Å²) >= 11 is 0. The van der Waals surface area contributed by atoms with E-state index in [0.717, 1.165) is 10.9 Å². The Balaban J connectivity index is 1.44. The minimum atomic E-state index is -0.334. The first-order chi connectivity index (χ1) is 12.6. The van der Waals surface area contributed by atoms with E-state index >= 15 is 0 Å². The van der Waals surface area contributed by atoms with Gasteiger partial charge < -0.3 is 9.73 Å². The van der Waals surface area contributed by atoms with Crippen LogP contribution in [-0.2, 0) is 16.1 Å². The molecule has 6 nitrogen and oxygen atoms in total. The average Bonchev–Trinajstić information content (AvgIpc) is 3.22. The smallest absolute Gasteiger partial charge is 0.291 e. The van der Waals surface area contributed by atoms with Crippen molar-refractivity contribution in [3.63, 3.8) is 0 Å². The normalized spacial score (nSPS) is 14.2. The summed E-state index contributed by atoms with van der Waals surface area (Å²) in [5.74, 6) is -0.378. The van der Waals surface area contributed by atoms with Crippen molar-refractivity contribution >= 4 is 34.4 Å². The Hall–Kier alpha value is -3.41. The molecule has 0 saturated carbocycles. The molecule has 1 fully saturated rings. The van der Waals surface area contributed by atoms with E-state index in [2.05, 4.69) is 5.32 Å². The van der Waals surface area contributed by atoms with Crippen molar-refractivity contribution in [3.8, 4) is 0 Å². The Kier molecular flexibility index (Phi) is 4.01. The van der Waals surface area contributed by atoms with Gasteiger partial charge in [-0.15, -0.1) is 0 Å². The number of amides is 3. The Bertz CT molecular complexity index is 955. The van der Waals surface area contributed by atoms with Crippen LogP contribution in [-0.4, -0.2) is 22.6 Å². The number of likely N-dealkylation sites (tertiary alicyclic amines) is 1. The Morgan fingerprint density at radius 2 is 1.69 bits per heavy atom. The van der Waals surface area contributed by atoms with Crippen LogP contribution in [0.25, 0.3) is 11.0 Å². The third-order valence-electron chi connectivity index (χ3n) is 4.36. The van der Waals surface area contributed by atoms with Crippen molar-refractivity contribution in [3.05, 3.63) is 65.9 Å². The Morgan fingerprint density at radius 1 is 1.00 bits per heavy atom. The van der Waals surface area contributed by atoms with Gasteiger partial charge in [0.15, 0.2) is 5.76 Å². The molecule has 4 rings (SSSR count). The molecular weight excluding hydrogens is 332 g/mol. The summed E-state index contributed by atoms with van der Waals surface area (Å²) in [6.45, 7) is 0.259. The van der Waals surface area contributed by atoms with Gasteiger partial charge in [-0.25, -0.2) is 0 Å². The highest BCUT2D eigenvalue weighted by molar-refractivity contribution is 6.04. The number of para-hydroxylation sites is 1. The fourth-order valence-corrected chi connectivity index (χ4v) is 2.96. The molecule has 0 radical (unpaired) electrons. The van der Waals surface area contributed by atoms with Gasteiger partial charge in [0.05, 0.1) is 6.54 Å². The monoisotopic (exact) mass is 348 g/mol. The third kappa shape index (κ3) is 3.09. The number of hydrogen-bond donors (Lipinski definition) is 1. The molecule has 3 aromatic rings. The molecule has 0 aliphatic carbocycles. The van der Waals surface area contributed by atoms with Crippen molar-refractivity contribution in [2.24, 2.45) is 0 Å². The van der Waals surface area contributed by atoms with Crippen LogP contribution in [0.3, 0.4) is 0 Å². The lowest BCUT2D eigenvalue weighted by molar-refractivity contribution is -0.139. The quantitative estimate of drug-likeness (QED) is 0.734. The van der Waals surface area contributed by atoms with Gasteiger partial charge in [0.1, 0.15) is 5.58 Å². The van der Waals surface area contributed by atoms with Crippen LogP contribution in [0.2, 0.25) is 0 Å². The van der Waals surface area contributed by atoms with Crippen molar-refractivity contribution < 1.29 is 18.8 Å². The average molecular weight is 348 g/mol. The summed E-state index contributed by atoms with van der Waals surface area (Å²) in [5, 5.41) is 3.65. The van der Waals surface area contributed by atoms with Gasteiger partial charge in [-0.3, -0.25) is 19.3 Å². The largest absolute Gasteiger partial charge is 0.451 e. The van der Waals surface area contributed by atoms with Crippen molar-refractivity contribution in [2.45, 2.75) is 19.4 Å². The number of nitrogens with zero attached hydrogens (tertiary/aromatic N) is 1. The Labute approximate surface area is 149 Å². The fourth-order valence-electron chi connectivity index (χ4n) is 2.96. The topological polar surface area (TPSA) is 79.6 Å².